The standard InChI is InChI=1S/C23H30N4O3/c1-26(17-23(29)25-20-9-11-21(30-2)12-10-20)16-22(28)24-19-7-5-18(6-8-19)15-27-13-3-4-14-27/h5-12H,3-4,13-17H2,1-2H3,(H,24,28)(H,25,29)/p+2. The number of nitrogens with one attached hydrogen (secondary N) is 4. The van der Waals surface area contributed by atoms with Gasteiger partial charge >= 0.3 is 0 Å². The Balaban J connectivity index is 1.40. The average Bonchev–Trinajstić information content (AvgIpc) is 3.23. The van der Waals surface area contributed by atoms with E-state index in [4.69, 9.17) is 4.74 Å². The van der Waals surface area contributed by atoms with Gasteiger partial charge in [-0.15, -0.1) is 0 Å². The summed E-state index contributed by atoms with van der Waals surface area (Å²) in [5.74, 6) is 0.486. The van der Waals surface area contributed by atoms with Gasteiger partial charge in [0.2, 0.25) is 0 Å². The Morgan fingerprint density at radius 3 is 1.90 bits per heavy atom. The first-order valence-corrected chi connectivity index (χ1v) is 10.5. The smallest absolute Gasteiger partial charge is 0.279 e. The van der Waals surface area contributed by atoms with Gasteiger partial charge in [0.15, 0.2) is 13.1 Å². The van der Waals surface area contributed by atoms with Gasteiger partial charge in [-0.2, -0.15) is 0 Å². The molecule has 0 spiro atoms. The zero-order valence-corrected chi connectivity index (χ0v) is 17.8. The van der Waals surface area contributed by atoms with Crippen LogP contribution in [0.5, 0.6) is 5.75 Å². The third-order valence-electron chi connectivity index (χ3n) is 5.30. The SMILES string of the molecule is COc1ccc(NC(=O)C[NH+](C)CC(=O)Nc2ccc(C[NH+]3CCCC3)cc2)cc1. The van der Waals surface area contributed by atoms with Crippen LogP contribution in [0.2, 0.25) is 0 Å². The lowest BCUT2D eigenvalue weighted by molar-refractivity contribution is -0.901. The number of hydrogen-bond donors (Lipinski definition) is 4. The van der Waals surface area contributed by atoms with Crippen LogP contribution in [0.4, 0.5) is 11.4 Å². The Kier molecular flexibility index (Phi) is 7.82. The van der Waals surface area contributed by atoms with E-state index in [9.17, 15) is 9.59 Å². The monoisotopic (exact) mass is 412 g/mol. The van der Waals surface area contributed by atoms with Crippen molar-refractivity contribution in [2.75, 3.05) is 51.0 Å². The van der Waals surface area contributed by atoms with E-state index in [2.05, 4.69) is 22.8 Å². The molecule has 2 amide bonds. The van der Waals surface area contributed by atoms with Gasteiger partial charge in [-0.3, -0.25) is 9.59 Å². The van der Waals surface area contributed by atoms with Gasteiger partial charge in [-0.05, 0) is 36.4 Å². The minimum atomic E-state index is -0.140. The lowest BCUT2D eigenvalue weighted by atomic mass is 10.2. The molecule has 2 aromatic rings. The van der Waals surface area contributed by atoms with Gasteiger partial charge in [-0.1, -0.05) is 12.1 Å². The Hall–Kier alpha value is -2.90. The molecule has 1 fully saturated rings. The van der Waals surface area contributed by atoms with Crippen LogP contribution in [-0.4, -0.2) is 52.2 Å². The normalized spacial score (nSPS) is 14.9. The molecule has 0 radical (unpaired) electrons. The van der Waals surface area contributed by atoms with Crippen LogP contribution in [0.1, 0.15) is 18.4 Å². The average molecular weight is 413 g/mol. The number of methoxy groups -OCH3 is 1. The first kappa shape index (κ1) is 21.8. The van der Waals surface area contributed by atoms with Crippen molar-refractivity contribution in [2.24, 2.45) is 0 Å². The van der Waals surface area contributed by atoms with E-state index in [0.29, 0.717) is 5.69 Å². The van der Waals surface area contributed by atoms with Gasteiger partial charge < -0.3 is 25.2 Å². The molecular formula is C23H32N4O3+2. The van der Waals surface area contributed by atoms with Crippen LogP contribution in [0.15, 0.2) is 48.5 Å². The van der Waals surface area contributed by atoms with Crippen LogP contribution in [0, 0.1) is 0 Å². The largest absolute Gasteiger partial charge is 0.497 e. The number of ether oxygens (including phenoxy) is 1. The van der Waals surface area contributed by atoms with E-state index in [1.54, 1.807) is 36.3 Å². The predicted octanol–water partition coefficient (Wildman–Crippen LogP) is -0.0342. The van der Waals surface area contributed by atoms with Crippen LogP contribution in [-0.2, 0) is 16.1 Å². The fourth-order valence-electron chi connectivity index (χ4n) is 3.74. The van der Waals surface area contributed by atoms with Crippen molar-refractivity contribution in [3.05, 3.63) is 54.1 Å². The van der Waals surface area contributed by atoms with Crippen LogP contribution >= 0.6 is 0 Å². The number of quaternary nitrogens is 2. The summed E-state index contributed by atoms with van der Waals surface area (Å²) < 4.78 is 5.10. The number of rotatable bonds is 9. The Bertz CT molecular complexity index is 831. The minimum absolute atomic E-state index is 0.109. The molecule has 4 N–H and O–H groups in total. The maximum atomic E-state index is 12.3. The Morgan fingerprint density at radius 1 is 0.900 bits per heavy atom. The van der Waals surface area contributed by atoms with Crippen molar-refractivity contribution in [2.45, 2.75) is 19.4 Å². The molecule has 1 atom stereocenters. The van der Waals surface area contributed by atoms with Gasteiger partial charge in [-0.25, -0.2) is 0 Å². The van der Waals surface area contributed by atoms with E-state index >= 15 is 0 Å². The van der Waals surface area contributed by atoms with Crippen LogP contribution in [0.25, 0.3) is 0 Å². The number of likely N-dealkylation sites (tertiary alicyclic amines) is 1. The summed E-state index contributed by atoms with van der Waals surface area (Å²) in [7, 11) is 3.43. The molecule has 2 aromatic carbocycles. The first-order valence-electron chi connectivity index (χ1n) is 10.5. The number of benzene rings is 2. The fourth-order valence-corrected chi connectivity index (χ4v) is 3.74. The second kappa shape index (κ2) is 10.8. The number of hydrogen-bond acceptors (Lipinski definition) is 3. The quantitative estimate of drug-likeness (QED) is 0.467. The van der Waals surface area contributed by atoms with E-state index in [1.165, 1.54) is 31.5 Å². The Morgan fingerprint density at radius 2 is 1.40 bits per heavy atom. The predicted molar refractivity (Wildman–Crippen MR) is 117 cm³/mol. The highest BCUT2D eigenvalue weighted by Crippen LogP contribution is 2.14. The molecule has 1 aliphatic rings. The van der Waals surface area contributed by atoms with Crippen molar-refractivity contribution in [3.63, 3.8) is 0 Å². The molecular weight excluding hydrogens is 380 g/mol. The molecule has 3 rings (SSSR count). The van der Waals surface area contributed by atoms with Gasteiger partial charge in [0.25, 0.3) is 11.8 Å². The lowest BCUT2D eigenvalue weighted by Gasteiger charge is -2.14. The van der Waals surface area contributed by atoms with Crippen molar-refractivity contribution in [1.82, 2.24) is 0 Å². The summed E-state index contributed by atoms with van der Waals surface area (Å²) in [6, 6.07) is 15.2. The first-order chi connectivity index (χ1) is 14.5. The second-order valence-electron chi connectivity index (χ2n) is 7.97. The topological polar surface area (TPSA) is 76.3 Å². The molecule has 0 bridgehead atoms. The highest BCUT2D eigenvalue weighted by Gasteiger charge is 2.16. The summed E-state index contributed by atoms with van der Waals surface area (Å²) in [6.45, 7) is 3.97. The van der Waals surface area contributed by atoms with E-state index in [0.717, 1.165) is 22.9 Å². The fraction of sp³-hybridized carbons (Fsp3) is 0.391. The maximum absolute atomic E-state index is 12.3. The molecule has 0 saturated carbocycles. The number of carbonyl (C=O) groups excluding carboxylic acids is 2. The summed E-state index contributed by atoms with van der Waals surface area (Å²) >= 11 is 0. The summed E-state index contributed by atoms with van der Waals surface area (Å²) in [5, 5.41) is 5.75. The third kappa shape index (κ3) is 6.86. The zero-order chi connectivity index (χ0) is 21.3. The highest BCUT2D eigenvalue weighted by atomic mass is 16.5. The van der Waals surface area contributed by atoms with Crippen LogP contribution in [0.3, 0.4) is 0 Å². The summed E-state index contributed by atoms with van der Waals surface area (Å²) in [4.78, 5) is 27.0. The highest BCUT2D eigenvalue weighted by molar-refractivity contribution is 5.93. The number of likely N-dealkylation sites (N-methyl/N-ethyl adjacent to an activating group) is 1. The molecule has 160 valence electrons. The van der Waals surface area contributed by atoms with E-state index in [1.807, 2.05) is 19.2 Å². The molecule has 0 aromatic heterocycles. The Labute approximate surface area is 178 Å². The molecule has 1 unspecified atom stereocenters. The maximum Gasteiger partial charge on any atom is 0.279 e. The molecule has 30 heavy (non-hydrogen) atoms. The van der Waals surface area contributed by atoms with Gasteiger partial charge in [0.05, 0.1) is 27.2 Å². The second-order valence-corrected chi connectivity index (χ2v) is 7.97. The molecule has 7 heteroatoms. The molecule has 0 aliphatic carbocycles. The molecule has 1 aliphatic heterocycles. The van der Waals surface area contributed by atoms with Crippen molar-refractivity contribution in [3.8, 4) is 5.75 Å². The number of anilines is 2. The third-order valence-corrected chi connectivity index (χ3v) is 5.30. The van der Waals surface area contributed by atoms with Crippen molar-refractivity contribution in [1.29, 1.82) is 0 Å². The minimum Gasteiger partial charge on any atom is -0.497 e. The van der Waals surface area contributed by atoms with Crippen molar-refractivity contribution < 1.29 is 24.1 Å². The number of carbonyl (C=O) groups is 2. The van der Waals surface area contributed by atoms with Gasteiger partial charge in [0, 0.05) is 29.8 Å². The lowest BCUT2D eigenvalue weighted by Crippen LogP contribution is -3.11. The van der Waals surface area contributed by atoms with Crippen molar-refractivity contribution >= 4 is 23.2 Å². The summed E-state index contributed by atoms with van der Waals surface area (Å²) in [6.07, 6.45) is 2.63. The van der Waals surface area contributed by atoms with Crippen LogP contribution < -0.4 is 25.2 Å². The number of amides is 2. The molecule has 1 heterocycles. The molecule has 1 saturated heterocycles. The van der Waals surface area contributed by atoms with Gasteiger partial charge in [0.1, 0.15) is 12.3 Å². The van der Waals surface area contributed by atoms with E-state index in [-0.39, 0.29) is 24.9 Å². The molecule has 7 nitrogen and oxygen atoms in total. The summed E-state index contributed by atoms with van der Waals surface area (Å²) in [5.41, 5.74) is 2.78. The zero-order valence-electron chi connectivity index (χ0n) is 17.8. The van der Waals surface area contributed by atoms with E-state index < -0.39 is 0 Å².